The fourth-order valence-corrected chi connectivity index (χ4v) is 6.53. The van der Waals surface area contributed by atoms with Crippen LogP contribution >= 0.6 is 11.8 Å². The zero-order chi connectivity index (χ0) is 29.7. The zero-order valence-corrected chi connectivity index (χ0v) is 25.3. The van der Waals surface area contributed by atoms with Crippen molar-refractivity contribution >= 4 is 29.8 Å². The molecule has 8 nitrogen and oxygen atoms in total. The summed E-state index contributed by atoms with van der Waals surface area (Å²) in [6.45, 7) is 17.1. The van der Waals surface area contributed by atoms with Crippen LogP contribution in [0.5, 0.6) is 0 Å². The van der Waals surface area contributed by atoms with Crippen LogP contribution in [0.3, 0.4) is 0 Å². The third-order valence-corrected chi connectivity index (χ3v) is 7.79. The van der Waals surface area contributed by atoms with Crippen molar-refractivity contribution in [2.75, 3.05) is 5.75 Å². The molecular formula is C29H42FNO7S. The molecular weight excluding hydrogens is 525 g/mol. The first-order valence-electron chi connectivity index (χ1n) is 13.2. The molecule has 0 heterocycles. The molecule has 2 saturated carbocycles. The van der Waals surface area contributed by atoms with Gasteiger partial charge in [-0.15, -0.1) is 11.8 Å². The van der Waals surface area contributed by atoms with Gasteiger partial charge in [-0.1, -0.05) is 0 Å². The smallest absolute Gasteiger partial charge is 0.408 e. The number of halogens is 1. The van der Waals surface area contributed by atoms with Gasteiger partial charge in [-0.05, 0) is 93.0 Å². The average molecular weight is 568 g/mol. The number of thioether (sulfide) groups is 1. The Hall–Kier alpha value is -2.33. The quantitative estimate of drug-likeness (QED) is 0.280. The van der Waals surface area contributed by atoms with Gasteiger partial charge in [-0.2, -0.15) is 0 Å². The molecule has 0 bridgehead atoms. The van der Waals surface area contributed by atoms with Crippen molar-refractivity contribution in [2.24, 2.45) is 23.7 Å². The van der Waals surface area contributed by atoms with Crippen LogP contribution in [0, 0.1) is 36.4 Å². The van der Waals surface area contributed by atoms with Crippen LogP contribution in [0.25, 0.3) is 0 Å². The van der Waals surface area contributed by atoms with Crippen LogP contribution in [0.1, 0.15) is 67.9 Å². The maximum Gasteiger partial charge on any atom is 0.408 e. The molecule has 0 unspecified atom stereocenters. The number of aliphatic hydroxyl groups excluding tert-OH is 1. The third kappa shape index (κ3) is 7.06. The van der Waals surface area contributed by atoms with E-state index in [1.807, 2.05) is 0 Å². The van der Waals surface area contributed by atoms with Crippen LogP contribution in [-0.2, 0) is 23.8 Å². The minimum Gasteiger partial charge on any atom is -0.460 e. The maximum absolute atomic E-state index is 14.0. The molecule has 1 aromatic rings. The summed E-state index contributed by atoms with van der Waals surface area (Å²) in [7, 11) is 0. The number of aryl methyl sites for hydroxylation is 1. The van der Waals surface area contributed by atoms with Crippen molar-refractivity contribution in [1.82, 2.24) is 5.32 Å². The molecule has 39 heavy (non-hydrogen) atoms. The second-order valence-electron chi connectivity index (χ2n) is 13.5. The lowest BCUT2D eigenvalue weighted by atomic mass is 9.80. The monoisotopic (exact) mass is 567 g/mol. The Labute approximate surface area is 234 Å². The van der Waals surface area contributed by atoms with Gasteiger partial charge in [0.2, 0.25) is 0 Å². The van der Waals surface area contributed by atoms with E-state index in [9.17, 15) is 23.9 Å². The predicted molar refractivity (Wildman–Crippen MR) is 146 cm³/mol. The lowest BCUT2D eigenvalue weighted by molar-refractivity contribution is -0.169. The molecule has 0 radical (unpaired) electrons. The minimum atomic E-state index is -1.76. The second kappa shape index (κ2) is 10.6. The first-order chi connectivity index (χ1) is 17.7. The number of carbonyl (C=O) groups is 3. The Kier molecular flexibility index (Phi) is 8.46. The molecule has 218 valence electrons. The number of amides is 1. The van der Waals surface area contributed by atoms with Gasteiger partial charge in [0.05, 0.1) is 12.0 Å². The summed E-state index contributed by atoms with van der Waals surface area (Å²) < 4.78 is 30.8. The van der Waals surface area contributed by atoms with Crippen LogP contribution in [0.4, 0.5) is 9.18 Å². The van der Waals surface area contributed by atoms with E-state index in [2.05, 4.69) is 5.32 Å². The number of alkyl carbamates (subject to hydrolysis) is 1. The van der Waals surface area contributed by atoms with Gasteiger partial charge in [0.1, 0.15) is 22.6 Å². The highest BCUT2D eigenvalue weighted by Crippen LogP contribution is 2.66. The Balaban J connectivity index is 2.05. The van der Waals surface area contributed by atoms with E-state index in [-0.39, 0.29) is 11.6 Å². The molecule has 0 saturated heterocycles. The topological polar surface area (TPSA) is 111 Å². The van der Waals surface area contributed by atoms with Crippen LogP contribution in [0.15, 0.2) is 23.1 Å². The number of hydrogen-bond donors (Lipinski definition) is 2. The van der Waals surface area contributed by atoms with E-state index in [0.29, 0.717) is 5.56 Å². The molecule has 1 aromatic carbocycles. The second-order valence-corrected chi connectivity index (χ2v) is 14.6. The molecule has 0 spiro atoms. The zero-order valence-electron chi connectivity index (χ0n) is 24.5. The van der Waals surface area contributed by atoms with Crippen LogP contribution in [0.2, 0.25) is 0 Å². The van der Waals surface area contributed by atoms with Crippen LogP contribution in [-0.4, -0.2) is 57.3 Å². The lowest BCUT2D eigenvalue weighted by Crippen LogP contribution is -2.64. The predicted octanol–water partition coefficient (Wildman–Crippen LogP) is 5.03. The molecule has 2 aliphatic carbocycles. The lowest BCUT2D eigenvalue weighted by Gasteiger charge is -2.40. The number of benzene rings is 1. The Bertz CT molecular complexity index is 1120. The fraction of sp³-hybridized carbons (Fsp3) is 0.690. The summed E-state index contributed by atoms with van der Waals surface area (Å²) in [5.74, 6) is -4.46. The van der Waals surface area contributed by atoms with E-state index in [1.165, 1.54) is 17.8 Å². The molecule has 0 aromatic heterocycles. The van der Waals surface area contributed by atoms with Crippen molar-refractivity contribution in [3.8, 4) is 0 Å². The number of ether oxygens (including phenoxy) is 3. The Morgan fingerprint density at radius 1 is 0.974 bits per heavy atom. The molecule has 2 fully saturated rings. The summed E-state index contributed by atoms with van der Waals surface area (Å²) in [6, 6.07) is 4.66. The largest absolute Gasteiger partial charge is 0.460 e. The van der Waals surface area contributed by atoms with E-state index >= 15 is 0 Å². The Morgan fingerprint density at radius 2 is 1.54 bits per heavy atom. The number of esters is 2. The van der Waals surface area contributed by atoms with Gasteiger partial charge in [-0.25, -0.2) is 14.0 Å². The number of rotatable bonds is 6. The number of hydrogen-bond acceptors (Lipinski definition) is 8. The summed E-state index contributed by atoms with van der Waals surface area (Å²) in [5, 5.41) is 14.3. The number of fused-ring (bicyclic) bond motifs is 1. The SMILES string of the molecule is Cc1cc(SC[C@@H]2[C@@H](O)[C@H]3[C@H](C(=O)OC(C)(C)C)[C@H]3[C@]2(NC(=O)OC(C)(C)C)C(=O)OC(C)(C)C)ccc1F. The molecule has 1 amide bonds. The molecule has 2 aliphatic rings. The molecule has 3 rings (SSSR count). The van der Waals surface area contributed by atoms with E-state index < -0.39 is 70.1 Å². The maximum atomic E-state index is 14.0. The van der Waals surface area contributed by atoms with Gasteiger partial charge >= 0.3 is 18.0 Å². The van der Waals surface area contributed by atoms with Gasteiger partial charge in [0, 0.05) is 28.4 Å². The van der Waals surface area contributed by atoms with Gasteiger partial charge in [-0.3, -0.25) is 4.79 Å². The number of nitrogens with one attached hydrogen (secondary N) is 1. The Morgan fingerprint density at radius 3 is 2.05 bits per heavy atom. The highest BCUT2D eigenvalue weighted by Gasteiger charge is 2.80. The first-order valence-corrected chi connectivity index (χ1v) is 14.2. The fourth-order valence-electron chi connectivity index (χ4n) is 5.28. The normalized spacial score (nSPS) is 28.4. The van der Waals surface area contributed by atoms with E-state index in [0.717, 1.165) is 4.90 Å². The van der Waals surface area contributed by atoms with Crippen molar-refractivity contribution in [3.63, 3.8) is 0 Å². The molecule has 10 heteroatoms. The van der Waals surface area contributed by atoms with Gasteiger partial charge in [0.15, 0.2) is 5.54 Å². The standard InChI is InChI=1S/C29H42FNO7S/c1-15-13-16(11-12-18(15)30)39-14-17-22(32)19-20(23(33)36-26(2,3)4)21(19)29(17,24(34)37-27(5,6)7)31-25(35)38-28(8,9)10/h11-13,17,19-22,32H,14H2,1-10H3,(H,31,35)/t17-,19+,20+,21+,22-,29+/m1/s1. The van der Waals surface area contributed by atoms with Crippen molar-refractivity contribution in [2.45, 2.75) is 103 Å². The summed E-state index contributed by atoms with van der Waals surface area (Å²) >= 11 is 1.32. The van der Waals surface area contributed by atoms with Gasteiger partial charge < -0.3 is 24.6 Å². The van der Waals surface area contributed by atoms with Crippen molar-refractivity contribution in [1.29, 1.82) is 0 Å². The molecule has 0 aliphatic heterocycles. The van der Waals surface area contributed by atoms with E-state index in [1.54, 1.807) is 81.4 Å². The highest BCUT2D eigenvalue weighted by atomic mass is 32.2. The first kappa shape index (κ1) is 31.2. The van der Waals surface area contributed by atoms with Crippen molar-refractivity contribution in [3.05, 3.63) is 29.6 Å². The minimum absolute atomic E-state index is 0.190. The number of carbonyl (C=O) groups excluding carboxylic acids is 3. The number of aliphatic hydroxyl groups is 1. The van der Waals surface area contributed by atoms with Crippen LogP contribution < -0.4 is 5.32 Å². The summed E-state index contributed by atoms with van der Waals surface area (Å²) in [5.41, 5.74) is -3.85. The van der Waals surface area contributed by atoms with Gasteiger partial charge in [0.25, 0.3) is 0 Å². The summed E-state index contributed by atoms with van der Waals surface area (Å²) in [4.78, 5) is 41.1. The molecule has 6 atom stereocenters. The average Bonchev–Trinajstić information content (AvgIpc) is 3.42. The van der Waals surface area contributed by atoms with E-state index in [4.69, 9.17) is 14.2 Å². The molecule has 2 N–H and O–H groups in total. The summed E-state index contributed by atoms with van der Waals surface area (Å²) in [6.07, 6.45) is -1.98. The third-order valence-electron chi connectivity index (χ3n) is 6.67. The highest BCUT2D eigenvalue weighted by molar-refractivity contribution is 7.99. The van der Waals surface area contributed by atoms with Crippen molar-refractivity contribution < 1.29 is 38.1 Å².